The van der Waals surface area contributed by atoms with Crippen molar-refractivity contribution < 1.29 is 28.2 Å². The molecule has 170 valence electrons. The molecule has 3 N–H and O–H groups in total. The fraction of sp³-hybridized carbons (Fsp3) is 0.273. The van der Waals surface area contributed by atoms with Crippen molar-refractivity contribution in [1.82, 2.24) is 9.62 Å². The van der Waals surface area contributed by atoms with Crippen molar-refractivity contribution in [3.8, 4) is 0 Å². The minimum absolute atomic E-state index is 0.0180. The average Bonchev–Trinajstić information content (AvgIpc) is 3.21. The van der Waals surface area contributed by atoms with Gasteiger partial charge in [-0.05, 0) is 42.3 Å². The van der Waals surface area contributed by atoms with E-state index in [2.05, 4.69) is 11.9 Å². The number of carbonyl (C=O) groups is 2. The van der Waals surface area contributed by atoms with Crippen LogP contribution in [0.1, 0.15) is 12.0 Å². The van der Waals surface area contributed by atoms with Crippen LogP contribution < -0.4 is 10.2 Å². The summed E-state index contributed by atoms with van der Waals surface area (Å²) in [5, 5.41) is 21.9. The lowest BCUT2D eigenvalue weighted by atomic mass is 10.2. The Balaban J connectivity index is 1.81. The van der Waals surface area contributed by atoms with Crippen molar-refractivity contribution in [2.24, 2.45) is 0 Å². The topological polar surface area (TPSA) is 127 Å². The van der Waals surface area contributed by atoms with Gasteiger partial charge in [0, 0.05) is 18.3 Å². The summed E-state index contributed by atoms with van der Waals surface area (Å²) in [6.07, 6.45) is 0.218. The van der Waals surface area contributed by atoms with Crippen LogP contribution in [0.25, 0.3) is 0 Å². The van der Waals surface area contributed by atoms with Crippen LogP contribution in [0.2, 0.25) is 0 Å². The van der Waals surface area contributed by atoms with Crippen molar-refractivity contribution in [2.45, 2.75) is 29.9 Å². The van der Waals surface area contributed by atoms with E-state index < -0.39 is 34.1 Å². The normalized spacial score (nSPS) is 18.8. The Morgan fingerprint density at radius 3 is 2.38 bits per heavy atom. The van der Waals surface area contributed by atoms with E-state index in [1.807, 2.05) is 18.2 Å². The zero-order valence-electron chi connectivity index (χ0n) is 17.3. The number of nitrogens with zero attached hydrogens (tertiary/aromatic N) is 2. The molecule has 0 radical (unpaired) electrons. The third-order valence-electron chi connectivity index (χ3n) is 5.28. The van der Waals surface area contributed by atoms with Gasteiger partial charge in [0.25, 0.3) is 0 Å². The van der Waals surface area contributed by atoms with Gasteiger partial charge < -0.3 is 15.5 Å². The molecule has 2 unspecified atom stereocenters. The molecule has 1 aliphatic heterocycles. The number of sulfonamides is 1. The first kappa shape index (κ1) is 23.5. The number of nitrogens with one attached hydrogen (secondary N) is 1. The molecule has 0 saturated carbocycles. The Morgan fingerprint density at radius 2 is 1.81 bits per heavy atom. The second-order valence-corrected chi connectivity index (χ2v) is 9.30. The van der Waals surface area contributed by atoms with Gasteiger partial charge in [0.1, 0.15) is 0 Å². The molecule has 1 saturated heterocycles. The first-order valence-electron chi connectivity index (χ1n) is 9.96. The number of rotatable bonds is 8. The summed E-state index contributed by atoms with van der Waals surface area (Å²) in [5.74, 6) is -0.414. The Morgan fingerprint density at radius 1 is 1.16 bits per heavy atom. The standard InChI is InChI=1S/C22H25N3O6S/c1-2-21(27)23-17-12-19(15-26)25(14-17)32(30,31)20-10-8-18(9-11-20)24(22(28)29)13-16-6-4-3-5-7-16/h2-11,17,19,26H,1,12-15H2,(H,23,27)(H,28,29). The van der Waals surface area contributed by atoms with Gasteiger partial charge in [0.05, 0.1) is 24.1 Å². The highest BCUT2D eigenvalue weighted by atomic mass is 32.2. The number of carbonyl (C=O) groups excluding carboxylic acids is 1. The Labute approximate surface area is 186 Å². The van der Waals surface area contributed by atoms with E-state index in [0.29, 0.717) is 5.69 Å². The van der Waals surface area contributed by atoms with Crippen molar-refractivity contribution in [2.75, 3.05) is 18.1 Å². The van der Waals surface area contributed by atoms with E-state index in [9.17, 15) is 28.2 Å². The summed E-state index contributed by atoms with van der Waals surface area (Å²) in [6, 6.07) is 13.5. The average molecular weight is 460 g/mol. The Kier molecular flexibility index (Phi) is 7.29. The zero-order valence-corrected chi connectivity index (χ0v) is 18.1. The van der Waals surface area contributed by atoms with Crippen molar-refractivity contribution in [3.05, 3.63) is 72.8 Å². The number of carboxylic acid groups (broad SMARTS) is 1. The Hall–Kier alpha value is -3.21. The number of hydrogen-bond donors (Lipinski definition) is 3. The molecular weight excluding hydrogens is 434 g/mol. The molecule has 2 aromatic carbocycles. The second-order valence-electron chi connectivity index (χ2n) is 7.40. The van der Waals surface area contributed by atoms with Crippen molar-refractivity contribution >= 4 is 27.7 Å². The fourth-order valence-electron chi connectivity index (χ4n) is 3.68. The van der Waals surface area contributed by atoms with E-state index in [1.54, 1.807) is 12.1 Å². The SMILES string of the molecule is C=CC(=O)NC1CC(CO)N(S(=O)(=O)c2ccc(N(Cc3ccccc3)C(=O)O)cc2)C1. The van der Waals surface area contributed by atoms with Crippen molar-refractivity contribution in [3.63, 3.8) is 0 Å². The van der Waals surface area contributed by atoms with Gasteiger partial charge in [0.15, 0.2) is 0 Å². The van der Waals surface area contributed by atoms with Crippen LogP contribution in [-0.4, -0.2) is 60.2 Å². The van der Waals surface area contributed by atoms with Gasteiger partial charge in [-0.25, -0.2) is 13.2 Å². The second kappa shape index (κ2) is 9.94. The fourth-order valence-corrected chi connectivity index (χ4v) is 5.35. The number of benzene rings is 2. The van der Waals surface area contributed by atoms with E-state index in [-0.39, 0.29) is 31.0 Å². The number of aliphatic hydroxyl groups excluding tert-OH is 1. The van der Waals surface area contributed by atoms with E-state index >= 15 is 0 Å². The summed E-state index contributed by atoms with van der Waals surface area (Å²) >= 11 is 0. The van der Waals surface area contributed by atoms with Gasteiger partial charge in [-0.1, -0.05) is 36.9 Å². The molecule has 2 aromatic rings. The van der Waals surface area contributed by atoms with Crippen molar-refractivity contribution in [1.29, 1.82) is 0 Å². The molecule has 1 aliphatic rings. The lowest BCUT2D eigenvalue weighted by Gasteiger charge is -2.23. The lowest BCUT2D eigenvalue weighted by molar-refractivity contribution is -0.117. The summed E-state index contributed by atoms with van der Waals surface area (Å²) in [5.41, 5.74) is 1.12. The lowest BCUT2D eigenvalue weighted by Crippen LogP contribution is -2.39. The van der Waals surface area contributed by atoms with E-state index in [4.69, 9.17) is 0 Å². The summed E-state index contributed by atoms with van der Waals surface area (Å²) in [4.78, 5) is 24.4. The summed E-state index contributed by atoms with van der Waals surface area (Å²) < 4.78 is 27.5. The van der Waals surface area contributed by atoms with Crippen LogP contribution in [0.5, 0.6) is 0 Å². The van der Waals surface area contributed by atoms with Crippen LogP contribution in [0.15, 0.2) is 72.1 Å². The maximum absolute atomic E-state index is 13.2. The van der Waals surface area contributed by atoms with Crippen LogP contribution in [0.4, 0.5) is 10.5 Å². The van der Waals surface area contributed by atoms with Gasteiger partial charge in [-0.3, -0.25) is 9.69 Å². The molecular formula is C22H25N3O6S. The molecule has 0 aliphatic carbocycles. The molecule has 1 heterocycles. The van der Waals surface area contributed by atoms with Gasteiger partial charge in [0.2, 0.25) is 15.9 Å². The molecule has 2 atom stereocenters. The van der Waals surface area contributed by atoms with E-state index in [1.165, 1.54) is 24.3 Å². The number of anilines is 1. The van der Waals surface area contributed by atoms with Crippen LogP contribution in [0.3, 0.4) is 0 Å². The zero-order chi connectivity index (χ0) is 23.3. The molecule has 32 heavy (non-hydrogen) atoms. The number of aliphatic hydroxyl groups is 1. The largest absolute Gasteiger partial charge is 0.465 e. The number of hydrogen-bond acceptors (Lipinski definition) is 5. The first-order valence-corrected chi connectivity index (χ1v) is 11.4. The molecule has 0 bridgehead atoms. The van der Waals surface area contributed by atoms with E-state index in [0.717, 1.165) is 20.8 Å². The summed E-state index contributed by atoms with van der Waals surface area (Å²) in [7, 11) is -3.97. The molecule has 2 amide bonds. The highest BCUT2D eigenvalue weighted by molar-refractivity contribution is 7.89. The predicted octanol–water partition coefficient (Wildman–Crippen LogP) is 1.80. The number of amides is 2. The minimum Gasteiger partial charge on any atom is -0.465 e. The highest BCUT2D eigenvalue weighted by Crippen LogP contribution is 2.28. The maximum Gasteiger partial charge on any atom is 0.412 e. The first-order chi connectivity index (χ1) is 15.3. The van der Waals surface area contributed by atoms with Gasteiger partial charge in [-0.2, -0.15) is 4.31 Å². The van der Waals surface area contributed by atoms with Crippen LogP contribution in [0, 0.1) is 0 Å². The van der Waals surface area contributed by atoms with Crippen LogP contribution >= 0.6 is 0 Å². The molecule has 3 rings (SSSR count). The maximum atomic E-state index is 13.2. The predicted molar refractivity (Wildman–Crippen MR) is 119 cm³/mol. The molecule has 9 nitrogen and oxygen atoms in total. The Bertz CT molecular complexity index is 1070. The summed E-state index contributed by atoms with van der Waals surface area (Å²) in [6.45, 7) is 3.13. The smallest absolute Gasteiger partial charge is 0.412 e. The minimum atomic E-state index is -3.97. The third kappa shape index (κ3) is 5.16. The monoisotopic (exact) mass is 459 g/mol. The quantitative estimate of drug-likeness (QED) is 0.517. The highest BCUT2D eigenvalue weighted by Gasteiger charge is 2.40. The molecule has 1 fully saturated rings. The molecule has 10 heteroatoms. The van der Waals surface area contributed by atoms with Gasteiger partial charge >= 0.3 is 6.09 Å². The molecule has 0 aromatic heterocycles. The third-order valence-corrected chi connectivity index (χ3v) is 7.21. The van der Waals surface area contributed by atoms with Crippen LogP contribution in [-0.2, 0) is 21.4 Å². The van der Waals surface area contributed by atoms with Gasteiger partial charge in [-0.15, -0.1) is 0 Å². The molecule has 0 spiro atoms.